The molecule has 0 aliphatic carbocycles. The molecule has 0 unspecified atom stereocenters. The number of alkyl halides is 1. The number of nitro benzene ring substituents is 1. The standard InChI is InChI=1S/C10H10ClNO3/c1-7-2-3-8(12(14)15)6-9(7)10(13)4-5-11/h2-3,6H,4-5H2,1H3. The van der Waals surface area contributed by atoms with Crippen molar-refractivity contribution in [1.82, 2.24) is 0 Å². The lowest BCUT2D eigenvalue weighted by atomic mass is 10.0. The lowest BCUT2D eigenvalue weighted by Crippen LogP contribution is -2.03. The van der Waals surface area contributed by atoms with Gasteiger partial charge in [-0.1, -0.05) is 6.07 Å². The Hall–Kier alpha value is -1.42. The van der Waals surface area contributed by atoms with Gasteiger partial charge in [0.15, 0.2) is 5.78 Å². The molecule has 0 aliphatic heterocycles. The van der Waals surface area contributed by atoms with Crippen molar-refractivity contribution in [1.29, 1.82) is 0 Å². The smallest absolute Gasteiger partial charge is 0.270 e. The number of benzene rings is 1. The Balaban J connectivity index is 3.10. The maximum atomic E-state index is 11.5. The molecule has 0 radical (unpaired) electrons. The second-order valence-corrected chi connectivity index (χ2v) is 3.50. The van der Waals surface area contributed by atoms with Gasteiger partial charge in [-0.15, -0.1) is 11.6 Å². The largest absolute Gasteiger partial charge is 0.294 e. The number of carbonyl (C=O) groups excluding carboxylic acids is 1. The van der Waals surface area contributed by atoms with Crippen molar-refractivity contribution in [3.8, 4) is 0 Å². The second kappa shape index (κ2) is 4.89. The molecule has 0 amide bonds. The topological polar surface area (TPSA) is 60.2 Å². The zero-order valence-electron chi connectivity index (χ0n) is 8.20. The number of rotatable bonds is 4. The number of Topliss-reactive ketones (excluding diaryl/α,β-unsaturated/α-hetero) is 1. The van der Waals surface area contributed by atoms with E-state index in [-0.39, 0.29) is 23.8 Å². The summed E-state index contributed by atoms with van der Waals surface area (Å²) in [5, 5.41) is 10.5. The van der Waals surface area contributed by atoms with Crippen LogP contribution in [0.25, 0.3) is 0 Å². The molecule has 1 aromatic rings. The Bertz CT molecular complexity index is 404. The summed E-state index contributed by atoms with van der Waals surface area (Å²) in [6.45, 7) is 1.74. The fraction of sp³-hybridized carbons (Fsp3) is 0.300. The Morgan fingerprint density at radius 3 is 2.73 bits per heavy atom. The molecule has 0 heterocycles. The number of hydrogen-bond donors (Lipinski definition) is 0. The molecule has 0 saturated heterocycles. The molecule has 0 spiro atoms. The predicted octanol–water partition coefficient (Wildman–Crippen LogP) is 2.71. The fourth-order valence-electron chi connectivity index (χ4n) is 1.24. The Kier molecular flexibility index (Phi) is 3.80. The summed E-state index contributed by atoms with van der Waals surface area (Å²) < 4.78 is 0. The van der Waals surface area contributed by atoms with Crippen molar-refractivity contribution in [2.24, 2.45) is 0 Å². The van der Waals surface area contributed by atoms with Crippen LogP contribution in [-0.2, 0) is 0 Å². The van der Waals surface area contributed by atoms with Crippen molar-refractivity contribution in [3.05, 3.63) is 39.4 Å². The van der Waals surface area contributed by atoms with Gasteiger partial charge in [-0.05, 0) is 12.5 Å². The Morgan fingerprint density at radius 1 is 1.53 bits per heavy atom. The zero-order chi connectivity index (χ0) is 11.4. The maximum Gasteiger partial charge on any atom is 0.270 e. The predicted molar refractivity (Wildman–Crippen MR) is 57.5 cm³/mol. The van der Waals surface area contributed by atoms with Gasteiger partial charge in [0.05, 0.1) is 4.92 Å². The number of ketones is 1. The first kappa shape index (κ1) is 11.7. The van der Waals surface area contributed by atoms with E-state index in [1.54, 1.807) is 13.0 Å². The SMILES string of the molecule is Cc1ccc([N+](=O)[O-])cc1C(=O)CCCl. The third-order valence-electron chi connectivity index (χ3n) is 2.05. The summed E-state index contributed by atoms with van der Waals surface area (Å²) in [6, 6.07) is 4.25. The van der Waals surface area contributed by atoms with E-state index in [1.165, 1.54) is 12.1 Å². The molecule has 0 aliphatic rings. The normalized spacial score (nSPS) is 10.0. The van der Waals surface area contributed by atoms with E-state index in [9.17, 15) is 14.9 Å². The van der Waals surface area contributed by atoms with Gasteiger partial charge < -0.3 is 0 Å². The summed E-state index contributed by atoms with van der Waals surface area (Å²) in [7, 11) is 0. The van der Waals surface area contributed by atoms with Gasteiger partial charge >= 0.3 is 0 Å². The van der Waals surface area contributed by atoms with Crippen LogP contribution in [0.1, 0.15) is 22.3 Å². The van der Waals surface area contributed by atoms with E-state index in [0.717, 1.165) is 5.56 Å². The average Bonchev–Trinajstić information content (AvgIpc) is 2.18. The maximum absolute atomic E-state index is 11.5. The van der Waals surface area contributed by atoms with Gasteiger partial charge in [-0.25, -0.2) is 0 Å². The fourth-order valence-corrected chi connectivity index (χ4v) is 1.42. The Labute approximate surface area is 92.0 Å². The van der Waals surface area contributed by atoms with Crippen molar-refractivity contribution >= 4 is 23.1 Å². The summed E-state index contributed by atoms with van der Waals surface area (Å²) >= 11 is 5.45. The molecule has 15 heavy (non-hydrogen) atoms. The molecule has 1 rings (SSSR count). The number of nitro groups is 1. The molecule has 0 saturated carbocycles. The minimum atomic E-state index is -0.517. The molecule has 0 aromatic heterocycles. The number of halogens is 1. The van der Waals surface area contributed by atoms with Gasteiger partial charge in [-0.2, -0.15) is 0 Å². The zero-order valence-corrected chi connectivity index (χ0v) is 8.95. The van der Waals surface area contributed by atoms with E-state index in [1.807, 2.05) is 0 Å². The lowest BCUT2D eigenvalue weighted by molar-refractivity contribution is -0.384. The van der Waals surface area contributed by atoms with E-state index in [0.29, 0.717) is 5.56 Å². The number of hydrogen-bond acceptors (Lipinski definition) is 3. The molecule has 5 heteroatoms. The van der Waals surface area contributed by atoms with Gasteiger partial charge in [0.2, 0.25) is 0 Å². The van der Waals surface area contributed by atoms with Gasteiger partial charge in [-0.3, -0.25) is 14.9 Å². The monoisotopic (exact) mass is 227 g/mol. The van der Waals surface area contributed by atoms with Crippen LogP contribution in [0.2, 0.25) is 0 Å². The molecule has 0 N–H and O–H groups in total. The molecular weight excluding hydrogens is 218 g/mol. The second-order valence-electron chi connectivity index (χ2n) is 3.12. The molecule has 0 fully saturated rings. The van der Waals surface area contributed by atoms with Crippen LogP contribution >= 0.6 is 11.6 Å². The highest BCUT2D eigenvalue weighted by atomic mass is 35.5. The number of aryl methyl sites for hydroxylation is 1. The van der Waals surface area contributed by atoms with Crippen LogP contribution in [0.4, 0.5) is 5.69 Å². The van der Waals surface area contributed by atoms with Gasteiger partial charge in [0, 0.05) is 30.0 Å². The van der Waals surface area contributed by atoms with Crippen LogP contribution in [-0.4, -0.2) is 16.6 Å². The molecule has 1 aromatic carbocycles. The minimum absolute atomic E-state index is 0.0708. The number of non-ortho nitro benzene ring substituents is 1. The summed E-state index contributed by atoms with van der Waals surface area (Å²) in [5.41, 5.74) is 1.04. The van der Waals surface area contributed by atoms with E-state index in [4.69, 9.17) is 11.6 Å². The molecular formula is C10H10ClNO3. The molecule has 0 atom stereocenters. The van der Waals surface area contributed by atoms with E-state index < -0.39 is 4.92 Å². The first-order valence-electron chi connectivity index (χ1n) is 4.40. The first-order valence-corrected chi connectivity index (χ1v) is 4.94. The first-order chi connectivity index (χ1) is 7.06. The van der Waals surface area contributed by atoms with Crippen molar-refractivity contribution in [3.63, 3.8) is 0 Å². The van der Waals surface area contributed by atoms with Crippen LogP contribution in [0.15, 0.2) is 18.2 Å². The van der Waals surface area contributed by atoms with Crippen molar-refractivity contribution in [2.75, 3.05) is 5.88 Å². The van der Waals surface area contributed by atoms with Gasteiger partial charge in [0.25, 0.3) is 5.69 Å². The minimum Gasteiger partial charge on any atom is -0.294 e. The molecule has 0 bridgehead atoms. The quantitative estimate of drug-likeness (QED) is 0.344. The third-order valence-corrected chi connectivity index (χ3v) is 2.24. The lowest BCUT2D eigenvalue weighted by Gasteiger charge is -2.02. The van der Waals surface area contributed by atoms with Crippen molar-refractivity contribution < 1.29 is 9.72 Å². The summed E-state index contributed by atoms with van der Waals surface area (Å²) in [6.07, 6.45) is 0.198. The highest BCUT2D eigenvalue weighted by Crippen LogP contribution is 2.18. The van der Waals surface area contributed by atoms with Crippen LogP contribution in [0, 0.1) is 17.0 Å². The van der Waals surface area contributed by atoms with Crippen LogP contribution < -0.4 is 0 Å². The number of nitrogens with zero attached hydrogens (tertiary/aromatic N) is 1. The van der Waals surface area contributed by atoms with Crippen LogP contribution in [0.3, 0.4) is 0 Å². The summed E-state index contributed by atoms with van der Waals surface area (Å²) in [4.78, 5) is 21.5. The Morgan fingerprint density at radius 2 is 2.20 bits per heavy atom. The highest BCUT2D eigenvalue weighted by molar-refractivity contribution is 6.19. The molecule has 4 nitrogen and oxygen atoms in total. The average molecular weight is 228 g/mol. The van der Waals surface area contributed by atoms with E-state index in [2.05, 4.69) is 0 Å². The van der Waals surface area contributed by atoms with Crippen LogP contribution in [0.5, 0.6) is 0 Å². The van der Waals surface area contributed by atoms with Gasteiger partial charge in [0.1, 0.15) is 0 Å². The summed E-state index contributed by atoms with van der Waals surface area (Å²) in [5.74, 6) is 0.0623. The third kappa shape index (κ3) is 2.76. The molecule has 80 valence electrons. The van der Waals surface area contributed by atoms with Crippen molar-refractivity contribution in [2.45, 2.75) is 13.3 Å². The van der Waals surface area contributed by atoms with E-state index >= 15 is 0 Å². The highest BCUT2D eigenvalue weighted by Gasteiger charge is 2.13. The number of carbonyl (C=O) groups is 1.